The fourth-order valence-electron chi connectivity index (χ4n) is 2.69. The van der Waals surface area contributed by atoms with Gasteiger partial charge in [0.25, 0.3) is 0 Å². The van der Waals surface area contributed by atoms with E-state index in [4.69, 9.17) is 27.9 Å². The van der Waals surface area contributed by atoms with Crippen LogP contribution in [0.3, 0.4) is 0 Å². The lowest BCUT2D eigenvalue weighted by molar-refractivity contribution is -0.274. The summed E-state index contributed by atoms with van der Waals surface area (Å²) in [5.41, 5.74) is 0.813. The highest BCUT2D eigenvalue weighted by atomic mass is 35.5. The van der Waals surface area contributed by atoms with Crippen molar-refractivity contribution in [2.75, 3.05) is 13.1 Å². The molecule has 26 heavy (non-hydrogen) atoms. The van der Waals surface area contributed by atoms with Crippen molar-refractivity contribution in [2.24, 2.45) is 5.92 Å². The van der Waals surface area contributed by atoms with Crippen molar-refractivity contribution in [3.63, 3.8) is 0 Å². The van der Waals surface area contributed by atoms with Gasteiger partial charge in [0, 0.05) is 6.07 Å². The van der Waals surface area contributed by atoms with Gasteiger partial charge in [0.1, 0.15) is 17.6 Å². The monoisotopic (exact) mass is 405 g/mol. The van der Waals surface area contributed by atoms with E-state index >= 15 is 0 Å². The molecular weight excluding hydrogens is 390 g/mol. The van der Waals surface area contributed by atoms with E-state index in [1.54, 1.807) is 24.3 Å². The number of ether oxygens (including phenoxy) is 2. The summed E-state index contributed by atoms with van der Waals surface area (Å²) < 4.78 is 47.2. The Morgan fingerprint density at radius 1 is 1.04 bits per heavy atom. The first-order valence-corrected chi connectivity index (χ1v) is 8.74. The Morgan fingerprint density at radius 3 is 2.38 bits per heavy atom. The second-order valence-electron chi connectivity index (χ2n) is 6.06. The lowest BCUT2D eigenvalue weighted by atomic mass is 9.92. The second-order valence-corrected chi connectivity index (χ2v) is 6.88. The van der Waals surface area contributed by atoms with Crippen LogP contribution in [-0.4, -0.2) is 19.5 Å². The van der Waals surface area contributed by atoms with Crippen LogP contribution in [0.2, 0.25) is 10.0 Å². The van der Waals surface area contributed by atoms with Crippen molar-refractivity contribution in [1.82, 2.24) is 5.32 Å². The Morgan fingerprint density at radius 2 is 1.77 bits per heavy atom. The summed E-state index contributed by atoms with van der Waals surface area (Å²) in [6.07, 6.45) is -4.41. The molecule has 0 bridgehead atoms. The molecule has 3 rings (SSSR count). The molecule has 0 radical (unpaired) electrons. The molecule has 1 unspecified atom stereocenters. The number of hydrogen-bond acceptors (Lipinski definition) is 3. The van der Waals surface area contributed by atoms with Crippen LogP contribution in [0.25, 0.3) is 0 Å². The summed E-state index contributed by atoms with van der Waals surface area (Å²) in [4.78, 5) is 0. The van der Waals surface area contributed by atoms with Gasteiger partial charge >= 0.3 is 6.36 Å². The van der Waals surface area contributed by atoms with Gasteiger partial charge in [-0.25, -0.2) is 0 Å². The molecule has 3 nitrogen and oxygen atoms in total. The van der Waals surface area contributed by atoms with Crippen LogP contribution in [0, 0.1) is 5.92 Å². The largest absolute Gasteiger partial charge is 0.573 e. The summed E-state index contributed by atoms with van der Waals surface area (Å²) in [5.74, 6) is 0.382. The molecule has 1 atom stereocenters. The molecule has 1 aliphatic heterocycles. The molecule has 0 saturated carbocycles. The molecule has 1 heterocycles. The van der Waals surface area contributed by atoms with Gasteiger partial charge in [-0.2, -0.15) is 0 Å². The van der Waals surface area contributed by atoms with Crippen LogP contribution in [0.5, 0.6) is 11.5 Å². The maximum absolute atomic E-state index is 12.4. The first-order valence-electron chi connectivity index (χ1n) is 7.98. The van der Waals surface area contributed by atoms with Gasteiger partial charge in [-0.15, -0.1) is 13.2 Å². The number of halogens is 5. The number of alkyl halides is 3. The van der Waals surface area contributed by atoms with E-state index in [0.29, 0.717) is 22.4 Å². The first-order chi connectivity index (χ1) is 12.3. The van der Waals surface area contributed by atoms with Gasteiger partial charge in [-0.05, 0) is 55.3 Å². The standard InChI is InChI=1S/C18H16Cl2F3NO2/c19-15-5-4-12(7-16(15)20)17(6-11-9-24-10-11)25-13-2-1-3-14(8-13)26-18(21,22)23/h1-5,7-8,11,17,24H,6,9-10H2. The Labute approximate surface area is 159 Å². The number of hydrogen-bond donors (Lipinski definition) is 1. The molecule has 1 saturated heterocycles. The molecule has 1 aliphatic rings. The van der Waals surface area contributed by atoms with Crippen molar-refractivity contribution in [1.29, 1.82) is 0 Å². The Hall–Kier alpha value is -1.63. The zero-order valence-electron chi connectivity index (χ0n) is 13.5. The summed E-state index contributed by atoms with van der Waals surface area (Å²) in [5, 5.41) is 4.02. The smallest absolute Gasteiger partial charge is 0.486 e. The van der Waals surface area contributed by atoms with Crippen LogP contribution in [0.1, 0.15) is 18.1 Å². The lowest BCUT2D eigenvalue weighted by Crippen LogP contribution is -2.43. The molecule has 2 aromatic carbocycles. The quantitative estimate of drug-likeness (QED) is 0.676. The Bertz CT molecular complexity index is 766. The van der Waals surface area contributed by atoms with Gasteiger partial charge in [0.05, 0.1) is 10.0 Å². The summed E-state index contributed by atoms with van der Waals surface area (Å²) in [6.45, 7) is 1.75. The number of benzene rings is 2. The molecular formula is C18H16Cl2F3NO2. The van der Waals surface area contributed by atoms with Crippen LogP contribution < -0.4 is 14.8 Å². The third-order valence-corrected chi connectivity index (χ3v) is 4.79. The molecule has 1 N–H and O–H groups in total. The lowest BCUT2D eigenvalue weighted by Gasteiger charge is -2.31. The summed E-state index contributed by atoms with van der Waals surface area (Å²) in [6, 6.07) is 10.7. The van der Waals surface area contributed by atoms with Crippen LogP contribution >= 0.6 is 23.2 Å². The maximum Gasteiger partial charge on any atom is 0.573 e. The van der Waals surface area contributed by atoms with Crippen molar-refractivity contribution in [3.05, 3.63) is 58.1 Å². The highest BCUT2D eigenvalue weighted by Crippen LogP contribution is 2.34. The highest BCUT2D eigenvalue weighted by molar-refractivity contribution is 6.42. The van der Waals surface area contributed by atoms with Gasteiger partial charge < -0.3 is 14.8 Å². The van der Waals surface area contributed by atoms with E-state index in [0.717, 1.165) is 18.7 Å². The fraction of sp³-hybridized carbons (Fsp3) is 0.333. The number of nitrogens with one attached hydrogen (secondary N) is 1. The molecule has 0 spiro atoms. The minimum atomic E-state index is -4.75. The van der Waals surface area contributed by atoms with Gasteiger partial charge in [0.2, 0.25) is 0 Å². The molecule has 1 fully saturated rings. The minimum Gasteiger partial charge on any atom is -0.486 e. The maximum atomic E-state index is 12.4. The van der Waals surface area contributed by atoms with E-state index in [1.165, 1.54) is 18.2 Å². The first kappa shape index (κ1) is 19.1. The van der Waals surface area contributed by atoms with E-state index in [1.807, 2.05) is 0 Å². The summed E-state index contributed by atoms with van der Waals surface area (Å²) in [7, 11) is 0. The van der Waals surface area contributed by atoms with Crippen LogP contribution in [0.4, 0.5) is 13.2 Å². The third-order valence-electron chi connectivity index (χ3n) is 4.05. The van der Waals surface area contributed by atoms with E-state index in [-0.39, 0.29) is 17.6 Å². The zero-order valence-corrected chi connectivity index (χ0v) is 15.0. The molecule has 140 valence electrons. The van der Waals surface area contributed by atoms with Gasteiger partial charge in [0.15, 0.2) is 0 Å². The molecule has 0 amide bonds. The van der Waals surface area contributed by atoms with Gasteiger partial charge in [-0.3, -0.25) is 0 Å². The van der Waals surface area contributed by atoms with Gasteiger partial charge in [-0.1, -0.05) is 35.3 Å². The third kappa shape index (κ3) is 5.19. The predicted molar refractivity (Wildman–Crippen MR) is 93.9 cm³/mol. The minimum absolute atomic E-state index is 0.287. The van der Waals surface area contributed by atoms with E-state index < -0.39 is 6.36 Å². The topological polar surface area (TPSA) is 30.5 Å². The van der Waals surface area contributed by atoms with Crippen molar-refractivity contribution in [3.8, 4) is 11.5 Å². The SMILES string of the molecule is FC(F)(F)Oc1cccc(OC(CC2CNC2)c2ccc(Cl)c(Cl)c2)c1. The average Bonchev–Trinajstić information content (AvgIpc) is 2.51. The Kier molecular flexibility index (Phi) is 5.85. The Balaban J connectivity index is 1.81. The average molecular weight is 406 g/mol. The van der Waals surface area contributed by atoms with Crippen LogP contribution in [-0.2, 0) is 0 Å². The molecule has 0 aliphatic carbocycles. The second kappa shape index (κ2) is 7.94. The van der Waals surface area contributed by atoms with Crippen molar-refractivity contribution in [2.45, 2.75) is 18.9 Å². The summed E-state index contributed by atoms with van der Waals surface area (Å²) >= 11 is 12.1. The zero-order chi connectivity index (χ0) is 18.7. The van der Waals surface area contributed by atoms with Crippen molar-refractivity contribution < 1.29 is 22.6 Å². The van der Waals surface area contributed by atoms with Crippen LogP contribution in [0.15, 0.2) is 42.5 Å². The molecule has 8 heteroatoms. The molecule has 0 aromatic heterocycles. The highest BCUT2D eigenvalue weighted by Gasteiger charge is 2.31. The molecule has 2 aromatic rings. The van der Waals surface area contributed by atoms with E-state index in [9.17, 15) is 13.2 Å². The predicted octanol–water partition coefficient (Wildman–Crippen LogP) is 5.62. The fourth-order valence-corrected chi connectivity index (χ4v) is 3.00. The number of rotatable bonds is 6. The van der Waals surface area contributed by atoms with E-state index in [2.05, 4.69) is 10.1 Å². The van der Waals surface area contributed by atoms with Crippen molar-refractivity contribution >= 4 is 23.2 Å². The normalized spacial score (nSPS) is 16.0.